The van der Waals surface area contributed by atoms with Crippen LogP contribution in [0.5, 0.6) is 0 Å². The highest BCUT2D eigenvalue weighted by Crippen LogP contribution is 2.31. The van der Waals surface area contributed by atoms with Gasteiger partial charge in [-0.25, -0.2) is 0 Å². The Labute approximate surface area is 112 Å². The maximum Gasteiger partial charge on any atom is 0.272 e. The molecule has 2 N–H and O–H groups in total. The van der Waals surface area contributed by atoms with Gasteiger partial charge in [0.15, 0.2) is 0 Å². The zero-order chi connectivity index (χ0) is 13.3. The first-order valence-corrected chi connectivity index (χ1v) is 6.42. The van der Waals surface area contributed by atoms with Gasteiger partial charge < -0.3 is 10.6 Å². The maximum absolute atomic E-state index is 12.3. The van der Waals surface area contributed by atoms with E-state index in [-0.39, 0.29) is 11.3 Å². The summed E-state index contributed by atoms with van der Waals surface area (Å²) in [5.41, 5.74) is 6.26. The van der Waals surface area contributed by atoms with Crippen LogP contribution in [0.15, 0.2) is 12.3 Å². The molecule has 98 valence electrons. The molecule has 0 spiro atoms. The number of rotatable bonds is 2. The number of nitrogens with two attached hydrogens (primary N) is 1. The number of aromatic nitrogens is 2. The van der Waals surface area contributed by atoms with Gasteiger partial charge in [0.1, 0.15) is 5.69 Å². The van der Waals surface area contributed by atoms with Crippen molar-refractivity contribution in [2.45, 2.75) is 19.8 Å². The SMILES string of the molecule is Cn1nccc1C(=O)N1CCC(C)(C(N)=S)CC1. The minimum absolute atomic E-state index is 0.0278. The van der Waals surface area contributed by atoms with Crippen molar-refractivity contribution in [2.24, 2.45) is 18.2 Å². The molecule has 0 atom stereocenters. The molecular formula is C12H18N4OS. The molecule has 2 rings (SSSR count). The van der Waals surface area contributed by atoms with Gasteiger partial charge in [-0.3, -0.25) is 9.48 Å². The third kappa shape index (κ3) is 2.25. The molecule has 1 aromatic heterocycles. The Hall–Kier alpha value is -1.43. The van der Waals surface area contributed by atoms with Crippen LogP contribution in [-0.4, -0.2) is 38.7 Å². The van der Waals surface area contributed by atoms with E-state index in [1.54, 1.807) is 24.0 Å². The molecular weight excluding hydrogens is 248 g/mol. The zero-order valence-electron chi connectivity index (χ0n) is 10.7. The molecule has 1 aliphatic rings. The second-order valence-corrected chi connectivity index (χ2v) is 5.50. The molecule has 1 aliphatic heterocycles. The van der Waals surface area contributed by atoms with Crippen LogP contribution < -0.4 is 5.73 Å². The lowest BCUT2D eigenvalue weighted by atomic mass is 9.80. The van der Waals surface area contributed by atoms with Crippen molar-refractivity contribution in [3.63, 3.8) is 0 Å². The number of nitrogens with zero attached hydrogens (tertiary/aromatic N) is 3. The summed E-state index contributed by atoms with van der Waals surface area (Å²) in [6, 6.07) is 1.74. The van der Waals surface area contributed by atoms with E-state index in [2.05, 4.69) is 12.0 Å². The lowest BCUT2D eigenvalue weighted by Gasteiger charge is -2.38. The second-order valence-electron chi connectivity index (χ2n) is 5.06. The molecule has 0 unspecified atom stereocenters. The van der Waals surface area contributed by atoms with Crippen molar-refractivity contribution in [3.05, 3.63) is 18.0 Å². The summed E-state index contributed by atoms with van der Waals surface area (Å²) < 4.78 is 1.60. The molecule has 0 aromatic carbocycles. The molecule has 1 amide bonds. The van der Waals surface area contributed by atoms with Gasteiger partial charge >= 0.3 is 0 Å². The Morgan fingerprint density at radius 2 is 2.11 bits per heavy atom. The first-order valence-electron chi connectivity index (χ1n) is 6.01. The molecule has 0 bridgehead atoms. The number of aryl methyl sites for hydroxylation is 1. The number of piperidine rings is 1. The van der Waals surface area contributed by atoms with Gasteiger partial charge in [0, 0.05) is 31.7 Å². The van der Waals surface area contributed by atoms with Crippen LogP contribution in [0.2, 0.25) is 0 Å². The summed E-state index contributed by atoms with van der Waals surface area (Å²) >= 11 is 5.09. The number of thiocarbonyl (C=S) groups is 1. The standard InChI is InChI=1S/C12H18N4OS/c1-12(11(13)18)4-7-16(8-5-12)10(17)9-3-6-14-15(9)2/h3,6H,4-5,7-8H2,1-2H3,(H2,13,18). The van der Waals surface area contributed by atoms with Crippen molar-refractivity contribution in [2.75, 3.05) is 13.1 Å². The monoisotopic (exact) mass is 266 g/mol. The third-order valence-corrected chi connectivity index (χ3v) is 4.28. The highest BCUT2D eigenvalue weighted by Gasteiger charge is 2.34. The van der Waals surface area contributed by atoms with E-state index in [1.807, 2.05) is 4.90 Å². The van der Waals surface area contributed by atoms with Crippen LogP contribution in [0.4, 0.5) is 0 Å². The van der Waals surface area contributed by atoms with E-state index >= 15 is 0 Å². The molecule has 18 heavy (non-hydrogen) atoms. The van der Waals surface area contributed by atoms with Gasteiger partial charge in [0.05, 0.1) is 4.99 Å². The summed E-state index contributed by atoms with van der Waals surface area (Å²) in [5, 5.41) is 4.02. The predicted molar refractivity (Wildman–Crippen MR) is 73.2 cm³/mol. The summed E-state index contributed by atoms with van der Waals surface area (Å²) in [5.74, 6) is 0.0278. The Morgan fingerprint density at radius 3 is 2.56 bits per heavy atom. The minimum Gasteiger partial charge on any atom is -0.393 e. The van der Waals surface area contributed by atoms with E-state index in [0.29, 0.717) is 23.8 Å². The third-order valence-electron chi connectivity index (χ3n) is 3.79. The first-order chi connectivity index (χ1) is 8.44. The molecule has 1 aromatic rings. The predicted octanol–water partition coefficient (Wildman–Crippen LogP) is 0.949. The quantitative estimate of drug-likeness (QED) is 0.809. The van der Waals surface area contributed by atoms with Crippen molar-refractivity contribution in [1.82, 2.24) is 14.7 Å². The van der Waals surface area contributed by atoms with Gasteiger partial charge in [0.2, 0.25) is 0 Å². The number of hydrogen-bond donors (Lipinski definition) is 1. The summed E-state index contributed by atoms with van der Waals surface area (Å²) in [7, 11) is 1.77. The van der Waals surface area contributed by atoms with E-state index < -0.39 is 0 Å². The van der Waals surface area contributed by atoms with Crippen molar-refractivity contribution in [1.29, 1.82) is 0 Å². The lowest BCUT2D eigenvalue weighted by Crippen LogP contribution is -2.47. The van der Waals surface area contributed by atoms with Gasteiger partial charge in [-0.05, 0) is 18.9 Å². The van der Waals surface area contributed by atoms with E-state index in [1.165, 1.54) is 0 Å². The van der Waals surface area contributed by atoms with E-state index in [4.69, 9.17) is 18.0 Å². The van der Waals surface area contributed by atoms with Crippen molar-refractivity contribution in [3.8, 4) is 0 Å². The first kappa shape index (κ1) is 13.0. The molecule has 5 nitrogen and oxygen atoms in total. The fourth-order valence-electron chi connectivity index (χ4n) is 2.20. The van der Waals surface area contributed by atoms with Gasteiger partial charge in [-0.2, -0.15) is 5.10 Å². The van der Waals surface area contributed by atoms with Gasteiger partial charge in [-0.1, -0.05) is 19.1 Å². The molecule has 6 heteroatoms. The fourth-order valence-corrected chi connectivity index (χ4v) is 2.40. The Morgan fingerprint density at radius 1 is 1.50 bits per heavy atom. The number of carbonyl (C=O) groups excluding carboxylic acids is 1. The number of likely N-dealkylation sites (tertiary alicyclic amines) is 1. The molecule has 1 saturated heterocycles. The zero-order valence-corrected chi connectivity index (χ0v) is 11.5. The molecule has 0 radical (unpaired) electrons. The normalized spacial score (nSPS) is 18.7. The Balaban J connectivity index is 2.05. The van der Waals surface area contributed by atoms with Crippen molar-refractivity contribution < 1.29 is 4.79 Å². The molecule has 2 heterocycles. The minimum atomic E-state index is -0.113. The molecule has 1 fully saturated rings. The summed E-state index contributed by atoms with van der Waals surface area (Å²) in [4.78, 5) is 14.7. The average Bonchev–Trinajstić information content (AvgIpc) is 2.75. The lowest BCUT2D eigenvalue weighted by molar-refractivity contribution is 0.0659. The van der Waals surface area contributed by atoms with Gasteiger partial charge in [0.25, 0.3) is 5.91 Å². The van der Waals surface area contributed by atoms with Crippen LogP contribution in [-0.2, 0) is 7.05 Å². The second kappa shape index (κ2) is 4.68. The van der Waals surface area contributed by atoms with E-state index in [9.17, 15) is 4.79 Å². The van der Waals surface area contributed by atoms with Crippen LogP contribution in [0.25, 0.3) is 0 Å². The molecule has 0 saturated carbocycles. The van der Waals surface area contributed by atoms with Crippen molar-refractivity contribution >= 4 is 23.1 Å². The van der Waals surface area contributed by atoms with Crippen LogP contribution in [0.3, 0.4) is 0 Å². The highest BCUT2D eigenvalue weighted by molar-refractivity contribution is 7.80. The fraction of sp³-hybridized carbons (Fsp3) is 0.583. The van der Waals surface area contributed by atoms with Crippen LogP contribution in [0, 0.1) is 5.41 Å². The number of carbonyl (C=O) groups is 1. The smallest absolute Gasteiger partial charge is 0.272 e. The maximum atomic E-state index is 12.3. The van der Waals surface area contributed by atoms with E-state index in [0.717, 1.165) is 12.8 Å². The Bertz CT molecular complexity index is 474. The Kier molecular flexibility index (Phi) is 3.38. The van der Waals surface area contributed by atoms with Crippen LogP contribution >= 0.6 is 12.2 Å². The molecule has 0 aliphatic carbocycles. The topological polar surface area (TPSA) is 64.2 Å². The van der Waals surface area contributed by atoms with Crippen LogP contribution in [0.1, 0.15) is 30.3 Å². The summed E-state index contributed by atoms with van der Waals surface area (Å²) in [6.45, 7) is 3.46. The number of hydrogen-bond acceptors (Lipinski definition) is 3. The average molecular weight is 266 g/mol. The summed E-state index contributed by atoms with van der Waals surface area (Å²) in [6.07, 6.45) is 3.29. The number of amides is 1. The van der Waals surface area contributed by atoms with Gasteiger partial charge in [-0.15, -0.1) is 0 Å². The largest absolute Gasteiger partial charge is 0.393 e. The highest BCUT2D eigenvalue weighted by atomic mass is 32.1.